The van der Waals surface area contributed by atoms with Crippen molar-refractivity contribution in [1.82, 2.24) is 9.97 Å². The summed E-state index contributed by atoms with van der Waals surface area (Å²) in [7, 11) is 1.70. The Bertz CT molecular complexity index is 881. The van der Waals surface area contributed by atoms with Crippen molar-refractivity contribution in [3.63, 3.8) is 0 Å². The van der Waals surface area contributed by atoms with Gasteiger partial charge in [-0.25, -0.2) is 4.99 Å². The van der Waals surface area contributed by atoms with Crippen LogP contribution in [0.15, 0.2) is 46.8 Å². The lowest BCUT2D eigenvalue weighted by atomic mass is 9.99. The zero-order valence-electron chi connectivity index (χ0n) is 16.3. The van der Waals surface area contributed by atoms with Gasteiger partial charge in [-0.05, 0) is 55.5 Å². The van der Waals surface area contributed by atoms with Crippen molar-refractivity contribution in [2.75, 3.05) is 7.11 Å². The summed E-state index contributed by atoms with van der Waals surface area (Å²) >= 11 is 0. The summed E-state index contributed by atoms with van der Waals surface area (Å²) in [6.07, 6.45) is 12.9. The molecule has 0 fully saturated rings. The molecular weight excluding hydrogens is 334 g/mol. The second-order valence-corrected chi connectivity index (χ2v) is 7.71. The summed E-state index contributed by atoms with van der Waals surface area (Å²) in [6.45, 7) is 2.31. The van der Waals surface area contributed by atoms with Gasteiger partial charge in [-0.15, -0.1) is 0 Å². The van der Waals surface area contributed by atoms with Gasteiger partial charge in [0.1, 0.15) is 11.5 Å². The fourth-order valence-electron chi connectivity index (χ4n) is 3.96. The Balaban J connectivity index is 1.66. The van der Waals surface area contributed by atoms with Gasteiger partial charge in [0, 0.05) is 23.2 Å². The van der Waals surface area contributed by atoms with E-state index in [-0.39, 0.29) is 0 Å². The van der Waals surface area contributed by atoms with Crippen LogP contribution in [-0.2, 0) is 11.2 Å². The molecule has 0 radical (unpaired) electrons. The van der Waals surface area contributed by atoms with Gasteiger partial charge in [-0.2, -0.15) is 0 Å². The van der Waals surface area contributed by atoms with E-state index in [0.717, 1.165) is 35.0 Å². The van der Waals surface area contributed by atoms with Crippen LogP contribution in [0, 0.1) is 0 Å². The molecule has 4 heteroatoms. The van der Waals surface area contributed by atoms with Gasteiger partial charge in [-0.1, -0.05) is 32.6 Å². The van der Waals surface area contributed by atoms with E-state index < -0.39 is 0 Å². The van der Waals surface area contributed by atoms with Gasteiger partial charge < -0.3 is 14.7 Å². The van der Waals surface area contributed by atoms with Crippen LogP contribution in [0.3, 0.4) is 0 Å². The van der Waals surface area contributed by atoms with Gasteiger partial charge in [0.15, 0.2) is 0 Å². The molecule has 142 valence electrons. The second-order valence-electron chi connectivity index (χ2n) is 7.71. The van der Waals surface area contributed by atoms with Gasteiger partial charge >= 0.3 is 0 Å². The summed E-state index contributed by atoms with van der Waals surface area (Å²) in [4.78, 5) is 11.9. The lowest BCUT2D eigenvalue weighted by molar-refractivity contribution is 0.303. The SMILES string of the molecule is COC1=CC2=NC1=Cc1ccc([nH]1)CCCCCCCC(C)c1ccc2[nH]1. The Morgan fingerprint density at radius 3 is 2.70 bits per heavy atom. The summed E-state index contributed by atoms with van der Waals surface area (Å²) in [5.41, 5.74) is 6.54. The number of H-pyrrole nitrogens is 2. The zero-order valence-corrected chi connectivity index (χ0v) is 16.3. The minimum atomic E-state index is 0.552. The first kappa shape index (κ1) is 17.9. The third-order valence-corrected chi connectivity index (χ3v) is 5.64. The Morgan fingerprint density at radius 1 is 0.963 bits per heavy atom. The summed E-state index contributed by atoms with van der Waals surface area (Å²) in [6, 6.07) is 8.66. The molecule has 2 aliphatic rings. The van der Waals surface area contributed by atoms with Crippen molar-refractivity contribution in [2.24, 2.45) is 4.99 Å². The van der Waals surface area contributed by atoms with Crippen LogP contribution in [0.2, 0.25) is 0 Å². The lowest BCUT2D eigenvalue weighted by Crippen LogP contribution is -1.98. The molecule has 0 saturated heterocycles. The lowest BCUT2D eigenvalue weighted by Gasteiger charge is -2.09. The minimum absolute atomic E-state index is 0.552. The quantitative estimate of drug-likeness (QED) is 0.669. The molecule has 2 aromatic heterocycles. The maximum absolute atomic E-state index is 5.57. The average Bonchev–Trinajstić information content (AvgIpc) is 3.39. The van der Waals surface area contributed by atoms with Crippen molar-refractivity contribution >= 4 is 11.8 Å². The van der Waals surface area contributed by atoms with E-state index in [2.05, 4.69) is 47.2 Å². The molecule has 0 aromatic carbocycles. The molecule has 0 saturated carbocycles. The van der Waals surface area contributed by atoms with Gasteiger partial charge in [0.25, 0.3) is 0 Å². The number of rotatable bonds is 1. The van der Waals surface area contributed by atoms with Crippen LogP contribution in [0.25, 0.3) is 6.08 Å². The van der Waals surface area contributed by atoms with Crippen molar-refractivity contribution in [2.45, 2.75) is 57.8 Å². The molecule has 2 N–H and O–H groups in total. The molecule has 0 amide bonds. The van der Waals surface area contributed by atoms with E-state index in [1.54, 1.807) is 7.11 Å². The zero-order chi connectivity index (χ0) is 18.6. The Morgan fingerprint density at radius 2 is 1.81 bits per heavy atom. The van der Waals surface area contributed by atoms with E-state index in [1.165, 1.54) is 49.9 Å². The molecule has 27 heavy (non-hydrogen) atoms. The van der Waals surface area contributed by atoms with E-state index in [4.69, 9.17) is 9.73 Å². The molecule has 6 bridgehead atoms. The topological polar surface area (TPSA) is 53.2 Å². The van der Waals surface area contributed by atoms with E-state index >= 15 is 0 Å². The number of hydrogen-bond acceptors (Lipinski definition) is 2. The third-order valence-electron chi connectivity index (χ3n) is 5.64. The highest BCUT2D eigenvalue weighted by Gasteiger charge is 2.19. The highest BCUT2D eigenvalue weighted by Crippen LogP contribution is 2.27. The predicted molar refractivity (Wildman–Crippen MR) is 111 cm³/mol. The molecule has 1 unspecified atom stereocenters. The molecule has 0 spiro atoms. The smallest absolute Gasteiger partial charge is 0.146 e. The van der Waals surface area contributed by atoms with Crippen LogP contribution in [0.5, 0.6) is 0 Å². The maximum Gasteiger partial charge on any atom is 0.146 e. The highest BCUT2D eigenvalue weighted by molar-refractivity contribution is 6.11. The average molecular weight is 364 g/mol. The monoisotopic (exact) mass is 363 g/mol. The minimum Gasteiger partial charge on any atom is -0.494 e. The van der Waals surface area contributed by atoms with Crippen molar-refractivity contribution in [1.29, 1.82) is 0 Å². The number of ether oxygens (including phenoxy) is 1. The Labute approximate surface area is 161 Å². The largest absolute Gasteiger partial charge is 0.494 e. The molecule has 4 nitrogen and oxygen atoms in total. The Hall–Kier alpha value is -2.49. The van der Waals surface area contributed by atoms with Crippen molar-refractivity contribution < 1.29 is 4.74 Å². The number of hydrogen-bond donors (Lipinski definition) is 2. The molecule has 2 aliphatic heterocycles. The third kappa shape index (κ3) is 4.10. The predicted octanol–water partition coefficient (Wildman–Crippen LogP) is 5.72. The summed E-state index contributed by atoms with van der Waals surface area (Å²) < 4.78 is 5.57. The maximum atomic E-state index is 5.57. The number of methoxy groups -OCH3 is 1. The molecule has 4 rings (SSSR count). The fourth-order valence-corrected chi connectivity index (χ4v) is 3.96. The number of aromatic nitrogens is 2. The number of fused-ring (bicyclic) bond motifs is 6. The van der Waals surface area contributed by atoms with Crippen LogP contribution >= 0.6 is 0 Å². The van der Waals surface area contributed by atoms with Gasteiger partial charge in [0.2, 0.25) is 0 Å². The number of aryl methyl sites for hydroxylation is 1. The number of allylic oxidation sites excluding steroid dienone is 1. The number of aliphatic imine (C=N–C) groups is 1. The molecule has 2 aromatic rings. The fraction of sp³-hybridized carbons (Fsp3) is 0.435. The van der Waals surface area contributed by atoms with E-state index in [1.807, 2.05) is 6.08 Å². The summed E-state index contributed by atoms with van der Waals surface area (Å²) in [5.74, 6) is 1.36. The van der Waals surface area contributed by atoms with Gasteiger partial charge in [0.05, 0.1) is 18.5 Å². The normalized spacial score (nSPS) is 21.0. The van der Waals surface area contributed by atoms with Crippen LogP contribution in [0.1, 0.15) is 74.1 Å². The molecule has 0 aliphatic carbocycles. The number of aromatic amines is 2. The number of nitrogens with one attached hydrogen (secondary N) is 2. The Kier molecular flexibility index (Phi) is 5.33. The summed E-state index contributed by atoms with van der Waals surface area (Å²) in [5, 5.41) is 0. The van der Waals surface area contributed by atoms with Crippen molar-refractivity contribution in [3.05, 3.63) is 64.6 Å². The second kappa shape index (κ2) is 8.03. The number of nitrogens with zero attached hydrogens (tertiary/aromatic N) is 1. The molecule has 4 heterocycles. The first-order valence-corrected chi connectivity index (χ1v) is 10.2. The molecule has 1 atom stereocenters. The van der Waals surface area contributed by atoms with Crippen LogP contribution < -0.4 is 0 Å². The highest BCUT2D eigenvalue weighted by atomic mass is 16.5. The van der Waals surface area contributed by atoms with E-state index in [9.17, 15) is 0 Å². The standard InChI is InChI=1S/C23H29N3O/c1-16-8-6-4-3-5-7-9-17-10-11-18(24-17)14-22-23(27-2)15-21(26-22)20-13-12-19(16)25-20/h10-16,24-25H,3-9H2,1-2H3. The van der Waals surface area contributed by atoms with Crippen LogP contribution in [0.4, 0.5) is 0 Å². The van der Waals surface area contributed by atoms with Crippen molar-refractivity contribution in [3.8, 4) is 0 Å². The van der Waals surface area contributed by atoms with E-state index in [0.29, 0.717) is 5.92 Å². The van der Waals surface area contributed by atoms with Crippen LogP contribution in [-0.4, -0.2) is 22.8 Å². The molecular formula is C23H29N3O. The first-order chi connectivity index (χ1) is 13.2. The first-order valence-electron chi connectivity index (χ1n) is 10.2. The van der Waals surface area contributed by atoms with Gasteiger partial charge in [-0.3, -0.25) is 0 Å².